The van der Waals surface area contributed by atoms with Gasteiger partial charge in [0.15, 0.2) is 0 Å². The van der Waals surface area contributed by atoms with E-state index in [0.717, 1.165) is 47.9 Å². The third kappa shape index (κ3) is 6.82. The van der Waals surface area contributed by atoms with Gasteiger partial charge in [-0.1, -0.05) is 60.6 Å². The van der Waals surface area contributed by atoms with Crippen molar-refractivity contribution in [3.05, 3.63) is 85.5 Å². The standard InChI is InChI=1S/C39H56O3/c1-21(2)32-19-31(17-15-25(7)37-27(9)23(5)16-18-34(37)40)30(12)38(39(32)42)26(8)14-13-24(6)33-20-35(41)36(22(3)4)29(11)28(33)10/h16,18-22,24-26,40-42H,13-15,17H2,1-12H3. The molecule has 0 amide bonds. The summed E-state index contributed by atoms with van der Waals surface area (Å²) >= 11 is 0. The van der Waals surface area contributed by atoms with Gasteiger partial charge in [0.2, 0.25) is 0 Å². The third-order valence-electron chi connectivity index (χ3n) is 10.1. The molecule has 3 atom stereocenters. The zero-order chi connectivity index (χ0) is 31.6. The van der Waals surface area contributed by atoms with Gasteiger partial charge in [0.05, 0.1) is 0 Å². The van der Waals surface area contributed by atoms with Crippen LogP contribution in [0.1, 0.15) is 159 Å². The van der Waals surface area contributed by atoms with Crippen molar-refractivity contribution < 1.29 is 15.3 Å². The first-order valence-electron chi connectivity index (χ1n) is 16.0. The molecular formula is C39H56O3. The summed E-state index contributed by atoms with van der Waals surface area (Å²) in [7, 11) is 0. The van der Waals surface area contributed by atoms with Gasteiger partial charge in [-0.2, -0.15) is 0 Å². The van der Waals surface area contributed by atoms with Crippen LogP contribution in [0.5, 0.6) is 17.2 Å². The maximum Gasteiger partial charge on any atom is 0.122 e. The molecule has 0 bridgehead atoms. The van der Waals surface area contributed by atoms with E-state index >= 15 is 0 Å². The van der Waals surface area contributed by atoms with Crippen molar-refractivity contribution in [1.82, 2.24) is 0 Å². The van der Waals surface area contributed by atoms with Crippen molar-refractivity contribution in [2.75, 3.05) is 0 Å². The van der Waals surface area contributed by atoms with Gasteiger partial charge in [-0.15, -0.1) is 0 Å². The quantitative estimate of drug-likeness (QED) is 0.214. The first-order valence-corrected chi connectivity index (χ1v) is 16.0. The first kappa shape index (κ1) is 33.6. The predicted molar refractivity (Wildman–Crippen MR) is 179 cm³/mol. The SMILES string of the molecule is Cc1ccc(O)c(C(C)CCc2cc(C(C)C)c(O)c(C(C)CCC(C)c3cc(O)c(C(C)C)c(C)c3C)c2C)c1C. The maximum atomic E-state index is 11.5. The molecule has 3 aromatic carbocycles. The smallest absolute Gasteiger partial charge is 0.122 e. The lowest BCUT2D eigenvalue weighted by Crippen LogP contribution is -2.08. The Morgan fingerprint density at radius 3 is 1.71 bits per heavy atom. The molecule has 3 N–H and O–H groups in total. The largest absolute Gasteiger partial charge is 0.508 e. The number of aromatic hydroxyl groups is 3. The van der Waals surface area contributed by atoms with Crippen LogP contribution < -0.4 is 0 Å². The molecule has 0 fully saturated rings. The molecule has 0 spiro atoms. The average molecular weight is 573 g/mol. The zero-order valence-electron chi connectivity index (χ0n) is 28.4. The number of phenolic OH excluding ortho intramolecular Hbond substituents is 3. The minimum Gasteiger partial charge on any atom is -0.508 e. The Morgan fingerprint density at radius 2 is 1.12 bits per heavy atom. The van der Waals surface area contributed by atoms with Gasteiger partial charge in [0.25, 0.3) is 0 Å². The summed E-state index contributed by atoms with van der Waals surface area (Å²) in [5.41, 5.74) is 12.8. The molecule has 0 saturated heterocycles. The molecule has 0 radical (unpaired) electrons. The van der Waals surface area contributed by atoms with E-state index in [2.05, 4.69) is 89.2 Å². The molecule has 42 heavy (non-hydrogen) atoms. The second-order valence-corrected chi connectivity index (χ2v) is 13.7. The van der Waals surface area contributed by atoms with Crippen molar-refractivity contribution in [1.29, 1.82) is 0 Å². The molecule has 0 heterocycles. The number of benzene rings is 3. The average Bonchev–Trinajstić information content (AvgIpc) is 2.90. The summed E-state index contributed by atoms with van der Waals surface area (Å²) in [6.07, 6.45) is 3.76. The number of rotatable bonds is 11. The fourth-order valence-electron chi connectivity index (χ4n) is 7.12. The predicted octanol–water partition coefficient (Wildman–Crippen LogP) is 11.0. The van der Waals surface area contributed by atoms with E-state index < -0.39 is 0 Å². The lowest BCUT2D eigenvalue weighted by Gasteiger charge is -2.26. The second kappa shape index (κ2) is 13.6. The highest BCUT2D eigenvalue weighted by Gasteiger charge is 2.24. The van der Waals surface area contributed by atoms with E-state index in [-0.39, 0.29) is 23.7 Å². The van der Waals surface area contributed by atoms with E-state index in [4.69, 9.17) is 0 Å². The Balaban J connectivity index is 1.87. The van der Waals surface area contributed by atoms with Gasteiger partial charge in [0, 0.05) is 5.56 Å². The minimum atomic E-state index is 0.204. The lowest BCUT2D eigenvalue weighted by molar-refractivity contribution is 0.445. The fourth-order valence-corrected chi connectivity index (χ4v) is 7.12. The van der Waals surface area contributed by atoms with Crippen LogP contribution in [0.4, 0.5) is 0 Å². The van der Waals surface area contributed by atoms with Gasteiger partial charge in [-0.25, -0.2) is 0 Å². The highest BCUT2D eigenvalue weighted by Crippen LogP contribution is 2.43. The van der Waals surface area contributed by atoms with Crippen molar-refractivity contribution >= 4 is 0 Å². The molecule has 0 saturated carbocycles. The molecule has 0 aliphatic carbocycles. The van der Waals surface area contributed by atoms with Crippen molar-refractivity contribution in [2.24, 2.45) is 0 Å². The summed E-state index contributed by atoms with van der Waals surface area (Å²) in [5, 5.41) is 33.0. The van der Waals surface area contributed by atoms with Gasteiger partial charge in [-0.3, -0.25) is 0 Å². The summed E-state index contributed by atoms with van der Waals surface area (Å²) in [6.45, 7) is 26.0. The topological polar surface area (TPSA) is 60.7 Å². The molecule has 3 nitrogen and oxygen atoms in total. The van der Waals surface area contributed by atoms with E-state index in [1.165, 1.54) is 38.9 Å². The van der Waals surface area contributed by atoms with E-state index in [9.17, 15) is 15.3 Å². The van der Waals surface area contributed by atoms with Gasteiger partial charge in [-0.05, 0) is 158 Å². The second-order valence-electron chi connectivity index (χ2n) is 13.7. The highest BCUT2D eigenvalue weighted by molar-refractivity contribution is 5.53. The monoisotopic (exact) mass is 572 g/mol. The normalized spacial score (nSPS) is 14.0. The number of phenols is 3. The van der Waals surface area contributed by atoms with Crippen LogP contribution in [-0.2, 0) is 6.42 Å². The third-order valence-corrected chi connectivity index (χ3v) is 10.1. The van der Waals surface area contributed by atoms with Crippen LogP contribution in [-0.4, -0.2) is 15.3 Å². The zero-order valence-corrected chi connectivity index (χ0v) is 28.4. The molecule has 0 aromatic heterocycles. The van der Waals surface area contributed by atoms with Crippen LogP contribution >= 0.6 is 0 Å². The Labute approximate surface area is 256 Å². The van der Waals surface area contributed by atoms with Crippen molar-refractivity contribution in [2.45, 2.75) is 138 Å². The number of aryl methyl sites for hydroxylation is 2. The van der Waals surface area contributed by atoms with Gasteiger partial charge in [0.1, 0.15) is 17.2 Å². The maximum absolute atomic E-state index is 11.5. The van der Waals surface area contributed by atoms with E-state index in [1.54, 1.807) is 0 Å². The Hall–Kier alpha value is -2.94. The summed E-state index contributed by atoms with van der Waals surface area (Å²) < 4.78 is 0. The molecule has 3 aromatic rings. The van der Waals surface area contributed by atoms with Crippen LogP contribution in [0, 0.1) is 34.6 Å². The number of hydrogen-bond acceptors (Lipinski definition) is 3. The summed E-state index contributed by atoms with van der Waals surface area (Å²) in [6, 6.07) is 8.01. The Bertz CT molecular complexity index is 1410. The van der Waals surface area contributed by atoms with Crippen molar-refractivity contribution in [3.63, 3.8) is 0 Å². The number of hydrogen-bond donors (Lipinski definition) is 3. The van der Waals surface area contributed by atoms with Crippen LogP contribution in [0.15, 0.2) is 24.3 Å². The first-order chi connectivity index (χ1) is 19.6. The molecule has 3 rings (SSSR count). The summed E-state index contributed by atoms with van der Waals surface area (Å²) in [5.74, 6) is 2.50. The Kier molecular flexibility index (Phi) is 10.8. The molecule has 3 heteroatoms. The van der Waals surface area contributed by atoms with E-state index in [0.29, 0.717) is 23.2 Å². The van der Waals surface area contributed by atoms with Crippen molar-refractivity contribution in [3.8, 4) is 17.2 Å². The molecule has 0 aliphatic rings. The summed E-state index contributed by atoms with van der Waals surface area (Å²) in [4.78, 5) is 0. The Morgan fingerprint density at radius 1 is 0.524 bits per heavy atom. The van der Waals surface area contributed by atoms with Crippen LogP contribution in [0.3, 0.4) is 0 Å². The fraction of sp³-hybridized carbons (Fsp3) is 0.538. The van der Waals surface area contributed by atoms with Gasteiger partial charge >= 0.3 is 0 Å². The van der Waals surface area contributed by atoms with Crippen LogP contribution in [0.2, 0.25) is 0 Å². The minimum absolute atomic E-state index is 0.204. The molecule has 230 valence electrons. The molecule has 3 unspecified atom stereocenters. The highest BCUT2D eigenvalue weighted by atomic mass is 16.3. The molecular weight excluding hydrogens is 516 g/mol. The van der Waals surface area contributed by atoms with Crippen LogP contribution in [0.25, 0.3) is 0 Å². The molecule has 0 aliphatic heterocycles. The lowest BCUT2D eigenvalue weighted by atomic mass is 9.80. The van der Waals surface area contributed by atoms with Gasteiger partial charge < -0.3 is 15.3 Å². The van der Waals surface area contributed by atoms with E-state index in [1.807, 2.05) is 18.2 Å².